The lowest BCUT2D eigenvalue weighted by atomic mass is 9.82. The molecular formula is C16H25NO3S. The van der Waals surface area contributed by atoms with E-state index in [1.54, 1.807) is 18.2 Å². The Morgan fingerprint density at radius 2 is 1.57 bits per heavy atom. The molecule has 0 aliphatic heterocycles. The average Bonchev–Trinajstić information content (AvgIpc) is 2.24. The molecule has 0 radical (unpaired) electrons. The summed E-state index contributed by atoms with van der Waals surface area (Å²) < 4.78 is 24.3. The van der Waals surface area contributed by atoms with E-state index in [4.69, 9.17) is 0 Å². The highest BCUT2D eigenvalue weighted by molar-refractivity contribution is 7.92. The molecule has 1 aromatic rings. The number of nitrogens with one attached hydrogen (secondary N) is 1. The third-order valence-electron chi connectivity index (χ3n) is 2.87. The molecule has 0 bridgehead atoms. The quantitative estimate of drug-likeness (QED) is 0.909. The lowest BCUT2D eigenvalue weighted by Crippen LogP contribution is -2.47. The van der Waals surface area contributed by atoms with Crippen LogP contribution >= 0.6 is 0 Å². The fourth-order valence-corrected chi connectivity index (χ4v) is 3.82. The highest BCUT2D eigenvalue weighted by Crippen LogP contribution is 2.26. The van der Waals surface area contributed by atoms with Crippen molar-refractivity contribution in [2.24, 2.45) is 5.41 Å². The molecular weight excluding hydrogens is 286 g/mol. The Labute approximate surface area is 127 Å². The molecule has 1 rings (SSSR count). The van der Waals surface area contributed by atoms with Gasteiger partial charge in [0.2, 0.25) is 5.91 Å². The van der Waals surface area contributed by atoms with E-state index in [1.807, 2.05) is 13.8 Å². The van der Waals surface area contributed by atoms with Gasteiger partial charge in [-0.1, -0.05) is 39.0 Å². The van der Waals surface area contributed by atoms with E-state index >= 15 is 0 Å². The zero-order valence-electron chi connectivity index (χ0n) is 13.4. The number of hydrogen-bond acceptors (Lipinski definition) is 3. The fraction of sp³-hybridized carbons (Fsp3) is 0.562. The summed E-state index contributed by atoms with van der Waals surface area (Å²) in [6.45, 7) is 10.1. The number of amides is 1. The monoisotopic (exact) mass is 311 g/mol. The minimum absolute atomic E-state index is 0.0507. The Hall–Kier alpha value is -1.36. The lowest BCUT2D eigenvalue weighted by molar-refractivity contribution is -0.120. The number of benzene rings is 1. The Bertz CT molecular complexity index is 584. The van der Waals surface area contributed by atoms with Gasteiger partial charge in [0.25, 0.3) is 0 Å². The highest BCUT2D eigenvalue weighted by atomic mass is 32.2. The van der Waals surface area contributed by atoms with Crippen LogP contribution in [0.2, 0.25) is 0 Å². The third-order valence-corrected chi connectivity index (χ3v) is 4.51. The molecule has 118 valence electrons. The van der Waals surface area contributed by atoms with Gasteiger partial charge in [-0.3, -0.25) is 4.79 Å². The lowest BCUT2D eigenvalue weighted by Gasteiger charge is -2.33. The smallest absolute Gasteiger partial charge is 0.235 e. The van der Waals surface area contributed by atoms with Gasteiger partial charge in [0, 0.05) is 5.54 Å². The van der Waals surface area contributed by atoms with Crippen molar-refractivity contribution in [2.75, 3.05) is 5.75 Å². The summed E-state index contributed by atoms with van der Waals surface area (Å²) in [5, 5.41) is 2.82. The van der Waals surface area contributed by atoms with Crippen LogP contribution in [0.1, 0.15) is 41.0 Å². The first-order valence-corrected chi connectivity index (χ1v) is 8.65. The normalized spacial score (nSPS) is 13.0. The standard InChI is InChI=1S/C16H25NO3S/c1-15(2,3)12-16(4,5)17-14(18)11-21(19,20)13-9-7-6-8-10-13/h6-10H,11-12H2,1-5H3,(H,17,18). The van der Waals surface area contributed by atoms with Crippen molar-refractivity contribution in [2.45, 2.75) is 51.5 Å². The number of rotatable bonds is 5. The van der Waals surface area contributed by atoms with Crippen molar-refractivity contribution in [1.29, 1.82) is 0 Å². The number of carbonyl (C=O) groups is 1. The SMILES string of the molecule is CC(C)(C)CC(C)(C)NC(=O)CS(=O)(=O)c1ccccc1. The summed E-state index contributed by atoms with van der Waals surface area (Å²) in [4.78, 5) is 12.2. The largest absolute Gasteiger partial charge is 0.350 e. The fourth-order valence-electron chi connectivity index (χ4n) is 2.67. The van der Waals surface area contributed by atoms with Gasteiger partial charge in [0.05, 0.1) is 4.90 Å². The topological polar surface area (TPSA) is 63.2 Å². The van der Waals surface area contributed by atoms with E-state index in [0.717, 1.165) is 6.42 Å². The minimum atomic E-state index is -3.59. The van der Waals surface area contributed by atoms with Crippen molar-refractivity contribution in [1.82, 2.24) is 5.32 Å². The summed E-state index contributed by atoms with van der Waals surface area (Å²) >= 11 is 0. The van der Waals surface area contributed by atoms with Crippen LogP contribution in [0.5, 0.6) is 0 Å². The molecule has 0 aliphatic carbocycles. The third kappa shape index (κ3) is 6.29. The molecule has 21 heavy (non-hydrogen) atoms. The van der Waals surface area contributed by atoms with Crippen LogP contribution in [0.15, 0.2) is 35.2 Å². The Kier molecular flexibility index (Phi) is 5.20. The molecule has 0 spiro atoms. The molecule has 0 fully saturated rings. The van der Waals surface area contributed by atoms with Crippen molar-refractivity contribution >= 4 is 15.7 Å². The molecule has 1 amide bonds. The maximum atomic E-state index is 12.2. The van der Waals surface area contributed by atoms with Crippen molar-refractivity contribution in [3.8, 4) is 0 Å². The highest BCUT2D eigenvalue weighted by Gasteiger charge is 2.29. The van der Waals surface area contributed by atoms with Gasteiger partial charge in [0.15, 0.2) is 9.84 Å². The molecule has 0 heterocycles. The van der Waals surface area contributed by atoms with Crippen LogP contribution in [0.3, 0.4) is 0 Å². The molecule has 0 aromatic heterocycles. The van der Waals surface area contributed by atoms with Gasteiger partial charge >= 0.3 is 0 Å². The summed E-state index contributed by atoms with van der Waals surface area (Å²) in [5.41, 5.74) is -0.392. The van der Waals surface area contributed by atoms with E-state index in [0.29, 0.717) is 0 Å². The number of sulfone groups is 1. The summed E-state index contributed by atoms with van der Waals surface area (Å²) in [6.07, 6.45) is 0.761. The van der Waals surface area contributed by atoms with Gasteiger partial charge in [-0.05, 0) is 37.8 Å². The molecule has 0 saturated heterocycles. The van der Waals surface area contributed by atoms with E-state index in [2.05, 4.69) is 26.1 Å². The molecule has 0 aliphatic rings. The van der Waals surface area contributed by atoms with Gasteiger partial charge < -0.3 is 5.32 Å². The first-order valence-electron chi connectivity index (χ1n) is 7.00. The van der Waals surface area contributed by atoms with E-state index < -0.39 is 27.0 Å². The Morgan fingerprint density at radius 1 is 1.05 bits per heavy atom. The first kappa shape index (κ1) is 17.7. The maximum absolute atomic E-state index is 12.2. The van der Waals surface area contributed by atoms with Gasteiger partial charge in [-0.15, -0.1) is 0 Å². The number of carbonyl (C=O) groups excluding carboxylic acids is 1. The second-order valence-corrected chi connectivity index (χ2v) is 9.23. The molecule has 0 atom stereocenters. The molecule has 0 unspecified atom stereocenters. The summed E-state index contributed by atoms with van der Waals surface area (Å²) in [6, 6.07) is 8.04. The van der Waals surface area contributed by atoms with Crippen LogP contribution in [0, 0.1) is 5.41 Å². The van der Waals surface area contributed by atoms with E-state index in [1.165, 1.54) is 12.1 Å². The van der Waals surface area contributed by atoms with Crippen molar-refractivity contribution in [3.05, 3.63) is 30.3 Å². The van der Waals surface area contributed by atoms with Crippen LogP contribution in [0.25, 0.3) is 0 Å². The molecule has 0 saturated carbocycles. The maximum Gasteiger partial charge on any atom is 0.235 e. The van der Waals surface area contributed by atoms with Crippen molar-refractivity contribution < 1.29 is 13.2 Å². The average molecular weight is 311 g/mol. The second kappa shape index (κ2) is 6.18. The molecule has 1 N–H and O–H groups in total. The van der Waals surface area contributed by atoms with Crippen molar-refractivity contribution in [3.63, 3.8) is 0 Å². The van der Waals surface area contributed by atoms with Gasteiger partial charge in [0.1, 0.15) is 5.75 Å². The van der Waals surface area contributed by atoms with Crippen LogP contribution in [-0.4, -0.2) is 25.6 Å². The zero-order valence-corrected chi connectivity index (χ0v) is 14.3. The Balaban J connectivity index is 2.74. The molecule has 4 nitrogen and oxygen atoms in total. The first-order chi connectivity index (χ1) is 9.41. The molecule has 1 aromatic carbocycles. The van der Waals surface area contributed by atoms with E-state index in [9.17, 15) is 13.2 Å². The molecule has 5 heteroatoms. The van der Waals surface area contributed by atoms with Crippen LogP contribution < -0.4 is 5.32 Å². The zero-order chi connectivity index (χ0) is 16.3. The predicted octanol–water partition coefficient (Wildman–Crippen LogP) is 2.79. The summed E-state index contributed by atoms with van der Waals surface area (Å²) in [7, 11) is -3.59. The summed E-state index contributed by atoms with van der Waals surface area (Å²) in [5.74, 6) is -0.988. The van der Waals surface area contributed by atoms with Gasteiger partial charge in [-0.2, -0.15) is 0 Å². The Morgan fingerprint density at radius 3 is 2.05 bits per heavy atom. The minimum Gasteiger partial charge on any atom is -0.350 e. The predicted molar refractivity (Wildman–Crippen MR) is 84.8 cm³/mol. The van der Waals surface area contributed by atoms with Gasteiger partial charge in [-0.25, -0.2) is 8.42 Å². The second-order valence-electron chi connectivity index (χ2n) is 7.24. The number of hydrogen-bond donors (Lipinski definition) is 1. The van der Waals surface area contributed by atoms with E-state index in [-0.39, 0.29) is 10.3 Å². The van der Waals surface area contributed by atoms with Crippen LogP contribution in [0.4, 0.5) is 0 Å². The van der Waals surface area contributed by atoms with Crippen LogP contribution in [-0.2, 0) is 14.6 Å².